The van der Waals surface area contributed by atoms with Crippen LogP contribution in [0.25, 0.3) is 0 Å². The van der Waals surface area contributed by atoms with Crippen molar-refractivity contribution in [1.82, 2.24) is 5.32 Å². The van der Waals surface area contributed by atoms with Crippen LogP contribution in [0.1, 0.15) is 226 Å². The summed E-state index contributed by atoms with van der Waals surface area (Å²) in [6, 6.07) is -0.871. The molecule has 0 rings (SSSR count). The fraction of sp³-hybridized carbons (Fsp3) is 0.827. The van der Waals surface area contributed by atoms with Gasteiger partial charge in [-0.25, -0.2) is 4.57 Å². The molecule has 0 aliphatic heterocycles. The zero-order valence-corrected chi connectivity index (χ0v) is 41.5. The van der Waals surface area contributed by atoms with E-state index in [1.54, 1.807) is 6.08 Å². The minimum absolute atomic E-state index is 0.0523. The molecule has 0 radical (unpaired) electrons. The highest BCUT2D eigenvalue weighted by molar-refractivity contribution is 7.47. The number of likely N-dealkylation sites (N-methyl/N-ethyl adjacent to an activating group) is 1. The first-order valence-corrected chi connectivity index (χ1v) is 27.0. The van der Waals surface area contributed by atoms with Gasteiger partial charge in [0.15, 0.2) is 0 Å². The maximum Gasteiger partial charge on any atom is 0.472 e. The number of carbonyl (C=O) groups is 1. The topological polar surface area (TPSA) is 105 Å². The number of amides is 1. The van der Waals surface area contributed by atoms with Crippen molar-refractivity contribution in [3.05, 3.63) is 48.6 Å². The molecule has 9 heteroatoms. The quantitative estimate of drug-likeness (QED) is 0.0243. The largest absolute Gasteiger partial charge is 0.472 e. The van der Waals surface area contributed by atoms with E-state index in [0.717, 1.165) is 64.2 Å². The Labute approximate surface area is 378 Å². The van der Waals surface area contributed by atoms with E-state index in [4.69, 9.17) is 9.05 Å². The number of allylic oxidation sites excluding steroid dienone is 7. The Morgan fingerprint density at radius 3 is 1.43 bits per heavy atom. The first-order valence-electron chi connectivity index (χ1n) is 25.5. The summed E-state index contributed by atoms with van der Waals surface area (Å²) in [7, 11) is 1.54. The van der Waals surface area contributed by atoms with Crippen LogP contribution in [0.5, 0.6) is 0 Å². The number of unbranched alkanes of at least 4 members (excludes halogenated alkanes) is 27. The van der Waals surface area contributed by atoms with Gasteiger partial charge in [0.05, 0.1) is 39.9 Å². The summed E-state index contributed by atoms with van der Waals surface area (Å²) in [6.45, 7) is 4.77. The number of nitrogens with zero attached hydrogens (tertiary/aromatic N) is 1. The van der Waals surface area contributed by atoms with Crippen LogP contribution in [0.15, 0.2) is 48.6 Å². The third kappa shape index (κ3) is 46.3. The predicted molar refractivity (Wildman–Crippen MR) is 263 cm³/mol. The maximum absolute atomic E-state index is 12.9. The van der Waals surface area contributed by atoms with Crippen LogP contribution in [0.3, 0.4) is 0 Å². The Kier molecular flexibility index (Phi) is 42.6. The molecule has 61 heavy (non-hydrogen) atoms. The zero-order valence-electron chi connectivity index (χ0n) is 40.7. The highest BCUT2D eigenvalue weighted by atomic mass is 31.2. The van der Waals surface area contributed by atoms with E-state index in [-0.39, 0.29) is 19.1 Å². The van der Waals surface area contributed by atoms with Gasteiger partial charge in [0, 0.05) is 6.42 Å². The standard InChI is InChI=1S/C52H99N2O6P/c1-6-8-10-12-14-16-18-20-22-24-25-26-27-28-29-30-31-33-35-37-39-41-43-45-51(55)50(49-60-61(57,58)59-48-47-54(3,4)5)53-52(56)46-44-42-40-38-36-34-32-23-21-19-17-15-13-11-9-7-2/h17,19,23,32,35,37,43,45,50-51,55H,6-16,18,20-22,24-31,33-34,36,38-42,44,46-49H2,1-5H3,(H-,53,56,57,58)/p+1/b19-17-,32-23-,37-35+,45-43+. The zero-order chi connectivity index (χ0) is 45.0. The average molecular weight is 880 g/mol. The lowest BCUT2D eigenvalue weighted by atomic mass is 10.0. The second-order valence-corrected chi connectivity index (χ2v) is 20.0. The van der Waals surface area contributed by atoms with Gasteiger partial charge < -0.3 is 19.8 Å². The van der Waals surface area contributed by atoms with Gasteiger partial charge in [-0.3, -0.25) is 13.8 Å². The van der Waals surface area contributed by atoms with Gasteiger partial charge in [-0.2, -0.15) is 0 Å². The number of hydrogen-bond acceptors (Lipinski definition) is 5. The molecule has 0 spiro atoms. The van der Waals surface area contributed by atoms with Crippen LogP contribution in [0.2, 0.25) is 0 Å². The number of phosphoric ester groups is 1. The highest BCUT2D eigenvalue weighted by Crippen LogP contribution is 2.43. The van der Waals surface area contributed by atoms with Crippen LogP contribution in [-0.4, -0.2) is 73.4 Å². The smallest absolute Gasteiger partial charge is 0.387 e. The molecule has 0 aromatic heterocycles. The Hall–Kier alpha value is -1.54. The van der Waals surface area contributed by atoms with E-state index in [9.17, 15) is 19.4 Å². The van der Waals surface area contributed by atoms with Gasteiger partial charge in [-0.05, 0) is 64.2 Å². The van der Waals surface area contributed by atoms with E-state index < -0.39 is 20.0 Å². The molecule has 3 unspecified atom stereocenters. The number of phosphoric acid groups is 1. The molecule has 3 atom stereocenters. The summed E-state index contributed by atoms with van der Waals surface area (Å²) >= 11 is 0. The van der Waals surface area contributed by atoms with Gasteiger partial charge in [0.1, 0.15) is 13.2 Å². The number of hydrogen-bond donors (Lipinski definition) is 3. The Balaban J connectivity index is 4.37. The summed E-state index contributed by atoms with van der Waals surface area (Å²) in [4.78, 5) is 23.2. The highest BCUT2D eigenvalue weighted by Gasteiger charge is 2.27. The van der Waals surface area contributed by atoms with Crippen molar-refractivity contribution in [2.45, 2.75) is 238 Å². The van der Waals surface area contributed by atoms with E-state index in [1.807, 2.05) is 27.2 Å². The molecular weight excluding hydrogens is 780 g/mol. The Bertz CT molecular complexity index is 1130. The van der Waals surface area contributed by atoms with E-state index in [1.165, 1.54) is 141 Å². The molecule has 0 heterocycles. The van der Waals surface area contributed by atoms with Crippen LogP contribution in [0.4, 0.5) is 0 Å². The summed E-state index contributed by atoms with van der Waals surface area (Å²) in [6.07, 6.45) is 56.3. The van der Waals surface area contributed by atoms with Crippen molar-refractivity contribution in [2.75, 3.05) is 40.9 Å². The number of carbonyl (C=O) groups excluding carboxylic acids is 1. The number of aliphatic hydroxyl groups excluding tert-OH is 1. The molecule has 0 saturated carbocycles. The molecule has 0 saturated heterocycles. The first kappa shape index (κ1) is 59.5. The van der Waals surface area contributed by atoms with Crippen LogP contribution in [-0.2, 0) is 18.4 Å². The predicted octanol–water partition coefficient (Wildman–Crippen LogP) is 14.8. The van der Waals surface area contributed by atoms with Gasteiger partial charge in [0.25, 0.3) is 0 Å². The second kappa shape index (κ2) is 43.7. The first-order chi connectivity index (χ1) is 29.5. The molecule has 0 aromatic rings. The average Bonchev–Trinajstić information content (AvgIpc) is 3.21. The van der Waals surface area contributed by atoms with Crippen molar-refractivity contribution in [3.63, 3.8) is 0 Å². The summed E-state index contributed by atoms with van der Waals surface area (Å²) in [5.41, 5.74) is 0. The van der Waals surface area contributed by atoms with Crippen LogP contribution >= 0.6 is 7.82 Å². The van der Waals surface area contributed by atoms with Crippen molar-refractivity contribution in [3.8, 4) is 0 Å². The molecule has 358 valence electrons. The molecule has 0 fully saturated rings. The van der Waals surface area contributed by atoms with Crippen molar-refractivity contribution >= 4 is 13.7 Å². The molecule has 1 amide bonds. The monoisotopic (exact) mass is 880 g/mol. The third-order valence-electron chi connectivity index (χ3n) is 11.3. The number of nitrogens with one attached hydrogen (secondary N) is 1. The minimum Gasteiger partial charge on any atom is -0.387 e. The Morgan fingerprint density at radius 2 is 0.951 bits per heavy atom. The summed E-state index contributed by atoms with van der Waals surface area (Å²) in [5, 5.41) is 13.9. The fourth-order valence-corrected chi connectivity index (χ4v) is 7.94. The summed E-state index contributed by atoms with van der Waals surface area (Å²) < 4.78 is 23.6. The fourth-order valence-electron chi connectivity index (χ4n) is 7.21. The SMILES string of the molecule is CCCCCC/C=C\C/C=C\CCCCCCCC(=O)NC(COP(=O)(O)OCC[N+](C)(C)C)C(O)/C=C/CC/C=C/CCCCCCCCCCCCCCCCCCC. The summed E-state index contributed by atoms with van der Waals surface area (Å²) in [5.74, 6) is -0.201. The molecule has 0 aliphatic rings. The van der Waals surface area contributed by atoms with Gasteiger partial charge in [-0.1, -0.05) is 204 Å². The number of aliphatic hydroxyl groups is 1. The minimum atomic E-state index is -4.35. The molecule has 0 bridgehead atoms. The van der Waals surface area contributed by atoms with Gasteiger partial charge in [0.2, 0.25) is 5.91 Å². The lowest BCUT2D eigenvalue weighted by Gasteiger charge is -2.25. The lowest BCUT2D eigenvalue weighted by Crippen LogP contribution is -2.45. The van der Waals surface area contributed by atoms with Crippen molar-refractivity contribution in [1.29, 1.82) is 0 Å². The van der Waals surface area contributed by atoms with E-state index in [0.29, 0.717) is 17.4 Å². The molecule has 3 N–H and O–H groups in total. The maximum atomic E-state index is 12.9. The molecule has 0 aromatic carbocycles. The Morgan fingerprint density at radius 1 is 0.557 bits per heavy atom. The number of quaternary nitrogens is 1. The van der Waals surface area contributed by atoms with E-state index >= 15 is 0 Å². The van der Waals surface area contributed by atoms with Crippen molar-refractivity contribution in [2.24, 2.45) is 0 Å². The lowest BCUT2D eigenvalue weighted by molar-refractivity contribution is -0.870. The molecule has 8 nitrogen and oxygen atoms in total. The van der Waals surface area contributed by atoms with Gasteiger partial charge in [-0.15, -0.1) is 0 Å². The molecule has 0 aliphatic carbocycles. The molecular formula is C52H100N2O6P+. The van der Waals surface area contributed by atoms with Crippen LogP contribution < -0.4 is 5.32 Å². The van der Waals surface area contributed by atoms with Crippen molar-refractivity contribution < 1.29 is 32.9 Å². The third-order valence-corrected chi connectivity index (χ3v) is 12.3. The van der Waals surface area contributed by atoms with Gasteiger partial charge >= 0.3 is 7.82 Å². The number of rotatable bonds is 46. The second-order valence-electron chi connectivity index (χ2n) is 18.5. The van der Waals surface area contributed by atoms with Crippen LogP contribution in [0, 0.1) is 0 Å². The normalized spacial score (nSPS) is 14.5. The van der Waals surface area contributed by atoms with E-state index in [2.05, 4.69) is 55.6 Å².